The van der Waals surface area contributed by atoms with Crippen LogP contribution < -0.4 is 5.32 Å². The van der Waals surface area contributed by atoms with Gasteiger partial charge in [0.15, 0.2) is 5.69 Å². The number of rotatable bonds is 6. The number of halogens is 2. The van der Waals surface area contributed by atoms with E-state index in [1.54, 1.807) is 37.7 Å². The number of alkyl halides is 1. The summed E-state index contributed by atoms with van der Waals surface area (Å²) in [7, 11) is 1.74. The number of carbonyl (C=O) groups excluding carboxylic acids is 2. The summed E-state index contributed by atoms with van der Waals surface area (Å²) in [5.74, 6) is -1.74. The van der Waals surface area contributed by atoms with E-state index in [4.69, 9.17) is 16.3 Å². The van der Waals surface area contributed by atoms with Crippen LogP contribution in [-0.4, -0.2) is 44.7 Å². The number of benzene rings is 1. The third kappa shape index (κ3) is 4.71. The molecule has 152 valence electrons. The minimum atomic E-state index is -0.803. The number of aromatic nitrogens is 3. The molecule has 0 saturated heterocycles. The zero-order chi connectivity index (χ0) is 21.2. The number of nitrogens with one attached hydrogen (secondary N) is 1. The predicted molar refractivity (Wildman–Crippen MR) is 107 cm³/mol. The normalized spacial score (nSPS) is 11.5. The first kappa shape index (κ1) is 20.7. The van der Waals surface area contributed by atoms with Gasteiger partial charge in [0.25, 0.3) is 5.91 Å². The maximum atomic E-state index is 13.1. The van der Waals surface area contributed by atoms with Crippen LogP contribution in [-0.2, 0) is 16.6 Å². The zero-order valence-corrected chi connectivity index (χ0v) is 17.0. The summed E-state index contributed by atoms with van der Waals surface area (Å²) in [5, 5.41) is 7.82. The van der Waals surface area contributed by atoms with Gasteiger partial charge in [0.05, 0.1) is 11.1 Å². The number of fused-ring (bicyclic) bond motifs is 1. The Morgan fingerprint density at radius 1 is 1.24 bits per heavy atom. The number of esters is 1. The van der Waals surface area contributed by atoms with Gasteiger partial charge in [-0.2, -0.15) is 9.49 Å². The second kappa shape index (κ2) is 8.16. The molecule has 3 aromatic rings. The van der Waals surface area contributed by atoms with Gasteiger partial charge in [-0.05, 0) is 43.7 Å². The average molecular weight is 419 g/mol. The van der Waals surface area contributed by atoms with Crippen molar-refractivity contribution in [2.45, 2.75) is 19.4 Å². The number of carbonyl (C=O) groups is 2. The third-order valence-electron chi connectivity index (χ3n) is 4.28. The van der Waals surface area contributed by atoms with E-state index in [-0.39, 0.29) is 18.2 Å². The minimum absolute atomic E-state index is 0.0171. The first-order valence-electron chi connectivity index (χ1n) is 8.83. The van der Waals surface area contributed by atoms with Gasteiger partial charge in [-0.3, -0.25) is 14.3 Å². The summed E-state index contributed by atoms with van der Waals surface area (Å²) < 4.78 is 19.7. The molecule has 29 heavy (non-hydrogen) atoms. The quantitative estimate of drug-likeness (QED) is 0.377. The van der Waals surface area contributed by atoms with Crippen LogP contribution in [0, 0.1) is 5.95 Å². The van der Waals surface area contributed by atoms with Crippen LogP contribution in [0.5, 0.6) is 0 Å². The smallest absolute Gasteiger partial charge is 0.320 e. The second-order valence-electron chi connectivity index (χ2n) is 7.21. The summed E-state index contributed by atoms with van der Waals surface area (Å²) in [6.45, 7) is 3.45. The van der Waals surface area contributed by atoms with Gasteiger partial charge in [0, 0.05) is 24.2 Å². The van der Waals surface area contributed by atoms with E-state index < -0.39 is 23.4 Å². The Hall–Kier alpha value is -3.00. The molecule has 0 spiro atoms. The van der Waals surface area contributed by atoms with E-state index >= 15 is 0 Å². The van der Waals surface area contributed by atoms with Crippen molar-refractivity contribution in [2.75, 3.05) is 12.5 Å². The monoisotopic (exact) mass is 418 g/mol. The molecule has 0 aliphatic carbocycles. The number of aryl methyl sites for hydroxylation is 1. The van der Waals surface area contributed by atoms with Crippen LogP contribution in [0.1, 0.15) is 24.3 Å². The molecule has 0 fully saturated rings. The molecular formula is C20H20ClFN4O3. The molecule has 0 bridgehead atoms. The lowest BCUT2D eigenvalue weighted by Gasteiger charge is -2.25. The lowest BCUT2D eigenvalue weighted by molar-refractivity contribution is -0.142. The first-order valence-corrected chi connectivity index (χ1v) is 9.36. The van der Waals surface area contributed by atoms with Crippen molar-refractivity contribution in [1.82, 2.24) is 20.1 Å². The van der Waals surface area contributed by atoms with Crippen LogP contribution in [0.3, 0.4) is 0 Å². The fourth-order valence-electron chi connectivity index (χ4n) is 2.85. The summed E-state index contributed by atoms with van der Waals surface area (Å²) in [5.41, 5.74) is 1.77. The number of hydrogen-bond donors (Lipinski definition) is 1. The molecule has 0 unspecified atom stereocenters. The highest BCUT2D eigenvalue weighted by molar-refractivity contribution is 6.26. The molecule has 0 atom stereocenters. The van der Waals surface area contributed by atoms with E-state index in [9.17, 15) is 14.0 Å². The number of amides is 1. The Morgan fingerprint density at radius 3 is 2.62 bits per heavy atom. The Bertz CT molecular complexity index is 1060. The Labute approximate surface area is 171 Å². The molecule has 0 saturated carbocycles. The largest absolute Gasteiger partial charge is 0.462 e. The molecule has 1 aromatic carbocycles. The highest BCUT2D eigenvalue weighted by atomic mass is 35.5. The molecule has 3 rings (SSSR count). The summed E-state index contributed by atoms with van der Waals surface area (Å²) in [4.78, 5) is 27.7. The topological polar surface area (TPSA) is 86.1 Å². The van der Waals surface area contributed by atoms with Crippen molar-refractivity contribution in [2.24, 2.45) is 7.05 Å². The highest BCUT2D eigenvalue weighted by Gasteiger charge is 2.26. The SMILES string of the molecule is Cn1nc(C(=O)NC(C)(C)COC(=O)CCl)c2ccc(-c3ccc(F)nc3)cc21. The predicted octanol–water partition coefficient (Wildman–Crippen LogP) is 3.06. The lowest BCUT2D eigenvalue weighted by atomic mass is 10.0. The summed E-state index contributed by atoms with van der Waals surface area (Å²) in [6.07, 6.45) is 1.45. The van der Waals surface area contributed by atoms with E-state index in [1.807, 2.05) is 12.1 Å². The van der Waals surface area contributed by atoms with Crippen LogP contribution in [0.25, 0.3) is 22.0 Å². The van der Waals surface area contributed by atoms with Crippen LogP contribution in [0.2, 0.25) is 0 Å². The molecule has 9 heteroatoms. The standard InChI is InChI=1S/C20H20ClFN4O3/c1-20(2,11-29-17(27)9-21)24-19(28)18-14-6-4-12(8-15(14)26(3)25-18)13-5-7-16(22)23-10-13/h4-8,10H,9,11H2,1-3H3,(H,24,28). The van der Waals surface area contributed by atoms with Gasteiger partial charge in [0.2, 0.25) is 5.95 Å². The van der Waals surface area contributed by atoms with E-state index in [1.165, 1.54) is 12.3 Å². The molecule has 2 heterocycles. The van der Waals surface area contributed by atoms with Crippen molar-refractivity contribution in [1.29, 1.82) is 0 Å². The molecule has 1 amide bonds. The molecular weight excluding hydrogens is 399 g/mol. The Morgan fingerprint density at radius 2 is 1.97 bits per heavy atom. The minimum Gasteiger partial charge on any atom is -0.462 e. The molecule has 1 N–H and O–H groups in total. The fourth-order valence-corrected chi connectivity index (χ4v) is 2.93. The number of hydrogen-bond acceptors (Lipinski definition) is 5. The molecule has 0 aliphatic rings. The summed E-state index contributed by atoms with van der Waals surface area (Å²) >= 11 is 5.42. The zero-order valence-electron chi connectivity index (χ0n) is 16.2. The second-order valence-corrected chi connectivity index (χ2v) is 7.47. The molecule has 2 aromatic heterocycles. The Balaban J connectivity index is 1.85. The van der Waals surface area contributed by atoms with Gasteiger partial charge >= 0.3 is 5.97 Å². The van der Waals surface area contributed by atoms with Gasteiger partial charge in [0.1, 0.15) is 12.5 Å². The molecule has 0 radical (unpaired) electrons. The maximum absolute atomic E-state index is 13.1. The maximum Gasteiger partial charge on any atom is 0.320 e. The highest BCUT2D eigenvalue weighted by Crippen LogP contribution is 2.26. The van der Waals surface area contributed by atoms with E-state index in [0.29, 0.717) is 5.39 Å². The fraction of sp³-hybridized carbons (Fsp3) is 0.300. The number of nitrogens with zero attached hydrogens (tertiary/aromatic N) is 3. The van der Waals surface area contributed by atoms with E-state index in [0.717, 1.165) is 16.6 Å². The van der Waals surface area contributed by atoms with Crippen molar-refractivity contribution >= 4 is 34.4 Å². The molecule has 0 aliphatic heterocycles. The van der Waals surface area contributed by atoms with Crippen LogP contribution in [0.4, 0.5) is 4.39 Å². The van der Waals surface area contributed by atoms with Crippen molar-refractivity contribution < 1.29 is 18.7 Å². The Kier molecular flexibility index (Phi) is 5.83. The van der Waals surface area contributed by atoms with Crippen molar-refractivity contribution in [3.63, 3.8) is 0 Å². The third-order valence-corrected chi connectivity index (χ3v) is 4.50. The van der Waals surface area contributed by atoms with Crippen LogP contribution >= 0.6 is 11.6 Å². The van der Waals surface area contributed by atoms with Gasteiger partial charge in [-0.15, -0.1) is 11.6 Å². The van der Waals surface area contributed by atoms with Gasteiger partial charge in [-0.25, -0.2) is 4.98 Å². The van der Waals surface area contributed by atoms with Crippen molar-refractivity contribution in [3.05, 3.63) is 48.2 Å². The van der Waals surface area contributed by atoms with Gasteiger partial charge < -0.3 is 10.1 Å². The van der Waals surface area contributed by atoms with Gasteiger partial charge in [-0.1, -0.05) is 6.07 Å². The summed E-state index contributed by atoms with van der Waals surface area (Å²) in [6, 6.07) is 8.40. The van der Waals surface area contributed by atoms with Crippen molar-refractivity contribution in [3.8, 4) is 11.1 Å². The lowest BCUT2D eigenvalue weighted by Crippen LogP contribution is -2.47. The number of ether oxygens (including phenoxy) is 1. The van der Waals surface area contributed by atoms with E-state index in [2.05, 4.69) is 15.4 Å². The average Bonchev–Trinajstić information content (AvgIpc) is 3.03. The number of pyridine rings is 1. The molecule has 7 nitrogen and oxygen atoms in total. The van der Waals surface area contributed by atoms with Crippen LogP contribution in [0.15, 0.2) is 36.5 Å². The first-order chi connectivity index (χ1) is 13.7.